The van der Waals surface area contributed by atoms with Crippen LogP contribution in [0.3, 0.4) is 0 Å². The number of amides is 1. The molecule has 0 aromatic heterocycles. The van der Waals surface area contributed by atoms with Crippen LogP contribution in [0.5, 0.6) is 0 Å². The Kier molecular flexibility index (Phi) is 5.51. The van der Waals surface area contributed by atoms with Gasteiger partial charge in [0.1, 0.15) is 0 Å². The lowest BCUT2D eigenvalue weighted by Crippen LogP contribution is -2.43. The Morgan fingerprint density at radius 1 is 1.33 bits per heavy atom. The molecule has 2 rings (SSSR count). The number of benzene rings is 1. The van der Waals surface area contributed by atoms with Crippen LogP contribution in [0.15, 0.2) is 24.3 Å². The number of ketones is 1. The number of nitrogens with one attached hydrogen (secondary N) is 1. The average Bonchev–Trinajstić information content (AvgIpc) is 2.48. The summed E-state index contributed by atoms with van der Waals surface area (Å²) in [7, 11) is 0. The van der Waals surface area contributed by atoms with Crippen LogP contribution in [-0.4, -0.2) is 35.7 Å². The SMILES string of the molecule is CCC1CCCCN1CC(=O)Nc1cccc(C(C)=O)c1. The summed E-state index contributed by atoms with van der Waals surface area (Å²) in [5, 5.41) is 2.90. The third-order valence-corrected chi connectivity index (χ3v) is 4.12. The number of hydrogen-bond donors (Lipinski definition) is 1. The molecule has 1 aliphatic rings. The molecule has 0 bridgehead atoms. The molecule has 1 heterocycles. The van der Waals surface area contributed by atoms with Crippen molar-refractivity contribution in [1.82, 2.24) is 4.90 Å². The van der Waals surface area contributed by atoms with Crippen molar-refractivity contribution >= 4 is 17.4 Å². The van der Waals surface area contributed by atoms with Crippen molar-refractivity contribution < 1.29 is 9.59 Å². The Hall–Kier alpha value is -1.68. The molecule has 0 radical (unpaired) electrons. The van der Waals surface area contributed by atoms with Crippen molar-refractivity contribution in [2.45, 2.75) is 45.6 Å². The van der Waals surface area contributed by atoms with E-state index in [0.717, 1.165) is 13.0 Å². The van der Waals surface area contributed by atoms with Crippen LogP contribution in [0.1, 0.15) is 49.9 Å². The van der Waals surface area contributed by atoms with E-state index < -0.39 is 0 Å². The molecule has 0 saturated carbocycles. The molecule has 1 aromatic carbocycles. The van der Waals surface area contributed by atoms with Gasteiger partial charge in [-0.1, -0.05) is 25.5 Å². The maximum atomic E-state index is 12.2. The number of carbonyl (C=O) groups excluding carboxylic acids is 2. The number of hydrogen-bond acceptors (Lipinski definition) is 3. The molecular formula is C17H24N2O2. The first kappa shape index (κ1) is 15.7. The van der Waals surface area contributed by atoms with E-state index in [-0.39, 0.29) is 11.7 Å². The van der Waals surface area contributed by atoms with Gasteiger partial charge in [-0.3, -0.25) is 14.5 Å². The largest absolute Gasteiger partial charge is 0.325 e. The van der Waals surface area contributed by atoms with Gasteiger partial charge in [0.25, 0.3) is 0 Å². The number of carbonyl (C=O) groups is 2. The Labute approximate surface area is 126 Å². The normalized spacial score (nSPS) is 19.2. The molecule has 1 fully saturated rings. The minimum absolute atomic E-state index is 0.00366. The molecule has 1 saturated heterocycles. The van der Waals surface area contributed by atoms with Crippen LogP contribution in [-0.2, 0) is 4.79 Å². The maximum Gasteiger partial charge on any atom is 0.238 e. The van der Waals surface area contributed by atoms with Crippen molar-refractivity contribution in [3.63, 3.8) is 0 Å². The van der Waals surface area contributed by atoms with Gasteiger partial charge in [-0.25, -0.2) is 0 Å². The van der Waals surface area contributed by atoms with Gasteiger partial charge in [0.15, 0.2) is 5.78 Å². The number of anilines is 1. The third-order valence-electron chi connectivity index (χ3n) is 4.12. The standard InChI is InChI=1S/C17H24N2O2/c1-3-16-9-4-5-10-19(16)12-17(21)18-15-8-6-7-14(11-15)13(2)20/h6-8,11,16H,3-5,9-10,12H2,1-2H3,(H,18,21). The smallest absolute Gasteiger partial charge is 0.238 e. The van der Waals surface area contributed by atoms with E-state index >= 15 is 0 Å². The highest BCUT2D eigenvalue weighted by Crippen LogP contribution is 2.19. The van der Waals surface area contributed by atoms with E-state index in [1.165, 1.54) is 26.2 Å². The van der Waals surface area contributed by atoms with Gasteiger partial charge in [-0.15, -0.1) is 0 Å². The predicted molar refractivity (Wildman–Crippen MR) is 84.6 cm³/mol. The maximum absolute atomic E-state index is 12.2. The first-order valence-electron chi connectivity index (χ1n) is 7.75. The summed E-state index contributed by atoms with van der Waals surface area (Å²) in [6, 6.07) is 7.62. The molecule has 21 heavy (non-hydrogen) atoms. The number of Topliss-reactive ketones (excluding diaryl/α,β-unsaturated/α-hetero) is 1. The van der Waals surface area contributed by atoms with E-state index in [1.807, 2.05) is 6.07 Å². The molecule has 1 aliphatic heterocycles. The summed E-state index contributed by atoms with van der Waals surface area (Å²) in [6.07, 6.45) is 4.71. The quantitative estimate of drug-likeness (QED) is 0.847. The minimum Gasteiger partial charge on any atom is -0.325 e. The van der Waals surface area contributed by atoms with Gasteiger partial charge in [0, 0.05) is 17.3 Å². The van der Waals surface area contributed by atoms with Gasteiger partial charge in [0.2, 0.25) is 5.91 Å². The summed E-state index contributed by atoms with van der Waals surface area (Å²) in [5.41, 5.74) is 1.31. The molecular weight excluding hydrogens is 264 g/mol. The average molecular weight is 288 g/mol. The highest BCUT2D eigenvalue weighted by atomic mass is 16.2. The predicted octanol–water partition coefficient (Wildman–Crippen LogP) is 3.09. The second kappa shape index (κ2) is 7.36. The van der Waals surface area contributed by atoms with Crippen LogP contribution in [0.2, 0.25) is 0 Å². The highest BCUT2D eigenvalue weighted by molar-refractivity contribution is 5.97. The summed E-state index contributed by atoms with van der Waals surface area (Å²) >= 11 is 0. The highest BCUT2D eigenvalue weighted by Gasteiger charge is 2.22. The van der Waals surface area contributed by atoms with E-state index in [1.54, 1.807) is 18.2 Å². The van der Waals surface area contributed by atoms with E-state index in [0.29, 0.717) is 23.8 Å². The fourth-order valence-corrected chi connectivity index (χ4v) is 2.93. The van der Waals surface area contributed by atoms with Crippen molar-refractivity contribution in [2.75, 3.05) is 18.4 Å². The lowest BCUT2D eigenvalue weighted by atomic mass is 10.00. The van der Waals surface area contributed by atoms with Crippen LogP contribution < -0.4 is 5.32 Å². The van der Waals surface area contributed by atoms with Crippen LogP contribution >= 0.6 is 0 Å². The molecule has 1 unspecified atom stereocenters. The minimum atomic E-state index is -0.00366. The molecule has 1 N–H and O–H groups in total. The van der Waals surface area contributed by atoms with E-state index in [2.05, 4.69) is 17.1 Å². The first-order chi connectivity index (χ1) is 10.1. The Balaban J connectivity index is 1.95. The number of rotatable bonds is 5. The monoisotopic (exact) mass is 288 g/mol. The molecule has 1 amide bonds. The third kappa shape index (κ3) is 4.39. The zero-order valence-electron chi connectivity index (χ0n) is 12.9. The second-order valence-electron chi connectivity index (χ2n) is 5.71. The molecule has 114 valence electrons. The van der Waals surface area contributed by atoms with Crippen LogP contribution in [0, 0.1) is 0 Å². The first-order valence-corrected chi connectivity index (χ1v) is 7.75. The van der Waals surface area contributed by atoms with Crippen molar-refractivity contribution in [1.29, 1.82) is 0 Å². The molecule has 1 atom stereocenters. The van der Waals surface area contributed by atoms with E-state index in [9.17, 15) is 9.59 Å². The van der Waals surface area contributed by atoms with Gasteiger partial charge >= 0.3 is 0 Å². The molecule has 4 heteroatoms. The summed E-state index contributed by atoms with van der Waals surface area (Å²) < 4.78 is 0. The molecule has 0 spiro atoms. The van der Waals surface area contributed by atoms with Gasteiger partial charge in [-0.05, 0) is 44.9 Å². The topological polar surface area (TPSA) is 49.4 Å². The van der Waals surface area contributed by atoms with Crippen LogP contribution in [0.4, 0.5) is 5.69 Å². The summed E-state index contributed by atoms with van der Waals surface area (Å²) in [4.78, 5) is 25.8. The summed E-state index contributed by atoms with van der Waals surface area (Å²) in [5.74, 6) is 0.00392. The Morgan fingerprint density at radius 2 is 2.14 bits per heavy atom. The zero-order valence-corrected chi connectivity index (χ0v) is 12.9. The second-order valence-corrected chi connectivity index (χ2v) is 5.71. The number of likely N-dealkylation sites (tertiary alicyclic amines) is 1. The lowest BCUT2D eigenvalue weighted by Gasteiger charge is -2.34. The van der Waals surface area contributed by atoms with Gasteiger partial charge < -0.3 is 5.32 Å². The molecule has 1 aromatic rings. The number of nitrogens with zero attached hydrogens (tertiary/aromatic N) is 1. The lowest BCUT2D eigenvalue weighted by molar-refractivity contribution is -0.118. The van der Waals surface area contributed by atoms with Crippen molar-refractivity contribution in [3.05, 3.63) is 29.8 Å². The molecule has 0 aliphatic carbocycles. The van der Waals surface area contributed by atoms with E-state index in [4.69, 9.17) is 0 Å². The van der Waals surface area contributed by atoms with Crippen LogP contribution in [0.25, 0.3) is 0 Å². The van der Waals surface area contributed by atoms with Crippen molar-refractivity contribution in [2.24, 2.45) is 0 Å². The Bertz CT molecular complexity index is 513. The van der Waals surface area contributed by atoms with Gasteiger partial charge in [0.05, 0.1) is 6.54 Å². The molecule has 4 nitrogen and oxygen atoms in total. The summed E-state index contributed by atoms with van der Waals surface area (Å²) in [6.45, 7) is 5.14. The zero-order chi connectivity index (χ0) is 15.2. The number of piperidine rings is 1. The van der Waals surface area contributed by atoms with Crippen molar-refractivity contribution in [3.8, 4) is 0 Å². The Morgan fingerprint density at radius 3 is 2.86 bits per heavy atom. The fraction of sp³-hybridized carbons (Fsp3) is 0.529. The van der Waals surface area contributed by atoms with Gasteiger partial charge in [-0.2, -0.15) is 0 Å². The fourth-order valence-electron chi connectivity index (χ4n) is 2.93.